The van der Waals surface area contributed by atoms with Crippen molar-refractivity contribution in [2.45, 2.75) is 6.54 Å². The van der Waals surface area contributed by atoms with Crippen molar-refractivity contribution in [2.24, 2.45) is 0 Å². The first-order valence-corrected chi connectivity index (χ1v) is 10.6. The van der Waals surface area contributed by atoms with E-state index in [0.29, 0.717) is 6.79 Å². The minimum atomic E-state index is 0.295. The predicted molar refractivity (Wildman–Crippen MR) is 114 cm³/mol. The van der Waals surface area contributed by atoms with Crippen LogP contribution in [-0.2, 0) is 6.54 Å². The van der Waals surface area contributed by atoms with E-state index >= 15 is 0 Å². The summed E-state index contributed by atoms with van der Waals surface area (Å²) in [6, 6.07) is 14.3. The van der Waals surface area contributed by atoms with Gasteiger partial charge in [0.15, 0.2) is 11.5 Å². The van der Waals surface area contributed by atoms with Crippen molar-refractivity contribution in [3.63, 3.8) is 0 Å². The summed E-state index contributed by atoms with van der Waals surface area (Å²) >= 11 is 1.68. The largest absolute Gasteiger partial charge is 0.497 e. The number of fused-ring (bicyclic) bond motifs is 1. The van der Waals surface area contributed by atoms with Gasteiger partial charge in [-0.25, -0.2) is 4.98 Å². The maximum Gasteiger partial charge on any atom is 0.231 e. The molecule has 0 radical (unpaired) electrons. The van der Waals surface area contributed by atoms with Crippen molar-refractivity contribution < 1.29 is 14.2 Å². The number of hydrogen-bond acceptors (Lipinski definition) is 7. The Morgan fingerprint density at radius 1 is 1.03 bits per heavy atom. The smallest absolute Gasteiger partial charge is 0.231 e. The molecular formula is C22H23N3O3S. The van der Waals surface area contributed by atoms with Crippen molar-refractivity contribution in [3.8, 4) is 27.8 Å². The monoisotopic (exact) mass is 409 g/mol. The van der Waals surface area contributed by atoms with Crippen molar-refractivity contribution in [2.75, 3.05) is 45.0 Å². The molecule has 3 aromatic rings. The van der Waals surface area contributed by atoms with Crippen LogP contribution in [0.25, 0.3) is 10.6 Å². The molecule has 0 amide bonds. The Kier molecular flexibility index (Phi) is 4.99. The van der Waals surface area contributed by atoms with Gasteiger partial charge in [-0.2, -0.15) is 0 Å². The standard InChI is InChI=1S/C22H23N3O3S/c1-26-19-4-2-3-18(12-19)25-9-7-24(8-10-25)13-17-14-29-22(23-17)16-5-6-20-21(11-16)28-15-27-20/h2-6,11-12,14H,7-10,13,15H2,1H3. The minimum absolute atomic E-state index is 0.295. The SMILES string of the molecule is COc1cccc(N2CCN(Cc3csc(-c4ccc5c(c4)OCO5)n3)CC2)c1. The van der Waals surface area contributed by atoms with Crippen LogP contribution < -0.4 is 19.1 Å². The summed E-state index contributed by atoms with van der Waals surface area (Å²) in [4.78, 5) is 9.73. The zero-order valence-corrected chi connectivity index (χ0v) is 17.2. The van der Waals surface area contributed by atoms with E-state index in [0.717, 1.165) is 66.2 Å². The molecule has 5 rings (SSSR count). The number of methoxy groups -OCH3 is 1. The number of anilines is 1. The quantitative estimate of drug-likeness (QED) is 0.638. The number of thiazole rings is 1. The summed E-state index contributed by atoms with van der Waals surface area (Å²) in [7, 11) is 1.71. The van der Waals surface area contributed by atoms with Gasteiger partial charge in [-0.3, -0.25) is 4.90 Å². The van der Waals surface area contributed by atoms with Crippen LogP contribution in [0, 0.1) is 0 Å². The number of hydrogen-bond donors (Lipinski definition) is 0. The molecule has 1 aromatic heterocycles. The van der Waals surface area contributed by atoms with Crippen LogP contribution in [0.4, 0.5) is 5.69 Å². The highest BCUT2D eigenvalue weighted by Crippen LogP contribution is 2.36. The predicted octanol–water partition coefficient (Wildman–Crippen LogP) is 3.87. The Bertz CT molecular complexity index is 998. The van der Waals surface area contributed by atoms with E-state index in [4.69, 9.17) is 19.2 Å². The lowest BCUT2D eigenvalue weighted by Gasteiger charge is -2.35. The summed E-state index contributed by atoms with van der Waals surface area (Å²) < 4.78 is 16.2. The summed E-state index contributed by atoms with van der Waals surface area (Å²) in [6.45, 7) is 5.23. The van der Waals surface area contributed by atoms with E-state index in [9.17, 15) is 0 Å². The number of piperazine rings is 1. The summed E-state index contributed by atoms with van der Waals surface area (Å²) in [5.74, 6) is 2.51. The van der Waals surface area contributed by atoms with Gasteiger partial charge in [-0.15, -0.1) is 11.3 Å². The molecule has 1 saturated heterocycles. The van der Waals surface area contributed by atoms with Crippen LogP contribution >= 0.6 is 11.3 Å². The molecule has 0 saturated carbocycles. The van der Waals surface area contributed by atoms with Gasteiger partial charge in [0.25, 0.3) is 0 Å². The Morgan fingerprint density at radius 3 is 2.76 bits per heavy atom. The molecule has 0 atom stereocenters. The van der Waals surface area contributed by atoms with Crippen LogP contribution in [0.2, 0.25) is 0 Å². The highest BCUT2D eigenvalue weighted by atomic mass is 32.1. The number of rotatable bonds is 5. The summed E-state index contributed by atoms with van der Waals surface area (Å²) in [5, 5.41) is 3.18. The lowest BCUT2D eigenvalue weighted by atomic mass is 10.2. The molecule has 2 aliphatic heterocycles. The molecule has 0 unspecified atom stereocenters. The number of aromatic nitrogens is 1. The van der Waals surface area contributed by atoms with Gasteiger partial charge in [0.05, 0.1) is 12.8 Å². The lowest BCUT2D eigenvalue weighted by Crippen LogP contribution is -2.46. The maximum absolute atomic E-state index is 5.48. The second-order valence-electron chi connectivity index (χ2n) is 7.18. The van der Waals surface area contributed by atoms with Gasteiger partial charge in [-0.05, 0) is 30.3 Å². The van der Waals surface area contributed by atoms with Gasteiger partial charge in [-0.1, -0.05) is 6.07 Å². The lowest BCUT2D eigenvalue weighted by molar-refractivity contribution is 0.174. The number of benzene rings is 2. The molecule has 2 aliphatic rings. The third-order valence-electron chi connectivity index (χ3n) is 5.35. The van der Waals surface area contributed by atoms with Crippen molar-refractivity contribution in [3.05, 3.63) is 53.5 Å². The third kappa shape index (κ3) is 3.88. The Balaban J connectivity index is 1.20. The Hall–Kier alpha value is -2.77. The van der Waals surface area contributed by atoms with Crippen LogP contribution in [-0.4, -0.2) is 50.0 Å². The molecule has 0 aliphatic carbocycles. The van der Waals surface area contributed by atoms with Crippen LogP contribution in [0.5, 0.6) is 17.2 Å². The van der Waals surface area contributed by atoms with Crippen molar-refractivity contribution in [1.29, 1.82) is 0 Å². The van der Waals surface area contributed by atoms with E-state index in [2.05, 4.69) is 27.3 Å². The van der Waals surface area contributed by atoms with Crippen LogP contribution in [0.3, 0.4) is 0 Å². The average molecular weight is 410 g/mol. The first-order chi connectivity index (χ1) is 14.3. The van der Waals surface area contributed by atoms with Gasteiger partial charge < -0.3 is 19.1 Å². The summed E-state index contributed by atoms with van der Waals surface area (Å²) in [6.07, 6.45) is 0. The van der Waals surface area contributed by atoms with E-state index < -0.39 is 0 Å². The average Bonchev–Trinajstić information content (AvgIpc) is 3.43. The molecule has 2 aromatic carbocycles. The van der Waals surface area contributed by atoms with Crippen molar-refractivity contribution >= 4 is 17.0 Å². The van der Waals surface area contributed by atoms with Crippen LogP contribution in [0.1, 0.15) is 5.69 Å². The normalized spacial score (nSPS) is 16.2. The van der Waals surface area contributed by atoms with E-state index in [1.54, 1.807) is 18.4 Å². The minimum Gasteiger partial charge on any atom is -0.497 e. The van der Waals surface area contributed by atoms with Gasteiger partial charge >= 0.3 is 0 Å². The molecular weight excluding hydrogens is 386 g/mol. The highest BCUT2D eigenvalue weighted by Gasteiger charge is 2.19. The van der Waals surface area contributed by atoms with Gasteiger partial charge in [0, 0.05) is 55.4 Å². The zero-order chi connectivity index (χ0) is 19.6. The van der Waals surface area contributed by atoms with Gasteiger partial charge in [0.2, 0.25) is 6.79 Å². The molecule has 1 fully saturated rings. The van der Waals surface area contributed by atoms with E-state index in [1.165, 1.54) is 5.69 Å². The fourth-order valence-electron chi connectivity index (χ4n) is 3.74. The Morgan fingerprint density at radius 2 is 1.90 bits per heavy atom. The topological polar surface area (TPSA) is 47.1 Å². The molecule has 0 N–H and O–H groups in total. The second kappa shape index (κ2) is 7.93. The second-order valence-corrected chi connectivity index (χ2v) is 8.03. The van der Waals surface area contributed by atoms with Crippen LogP contribution in [0.15, 0.2) is 47.8 Å². The molecule has 6 nitrogen and oxygen atoms in total. The first kappa shape index (κ1) is 18.3. The molecule has 7 heteroatoms. The Labute approximate surface area is 174 Å². The summed E-state index contributed by atoms with van der Waals surface area (Å²) in [5.41, 5.74) is 3.42. The first-order valence-electron chi connectivity index (χ1n) is 9.74. The maximum atomic E-state index is 5.48. The molecule has 0 spiro atoms. The van der Waals surface area contributed by atoms with Gasteiger partial charge in [0.1, 0.15) is 10.8 Å². The van der Waals surface area contributed by atoms with E-state index in [1.807, 2.05) is 30.3 Å². The molecule has 3 heterocycles. The fourth-order valence-corrected chi connectivity index (χ4v) is 4.55. The molecule has 0 bridgehead atoms. The fraction of sp³-hybridized carbons (Fsp3) is 0.318. The number of nitrogens with zero attached hydrogens (tertiary/aromatic N) is 3. The van der Waals surface area contributed by atoms with E-state index in [-0.39, 0.29) is 0 Å². The highest BCUT2D eigenvalue weighted by molar-refractivity contribution is 7.13. The molecule has 150 valence electrons. The van der Waals surface area contributed by atoms with Crippen molar-refractivity contribution in [1.82, 2.24) is 9.88 Å². The zero-order valence-electron chi connectivity index (χ0n) is 16.3. The third-order valence-corrected chi connectivity index (χ3v) is 6.29. The number of ether oxygens (including phenoxy) is 3. The molecule has 29 heavy (non-hydrogen) atoms.